The van der Waals surface area contributed by atoms with E-state index in [0.717, 1.165) is 43.6 Å². The number of anilines is 1. The lowest BCUT2D eigenvalue weighted by atomic mass is 9.94. The van der Waals surface area contributed by atoms with Gasteiger partial charge in [0.15, 0.2) is 19.9 Å². The van der Waals surface area contributed by atoms with E-state index >= 15 is 0 Å². The molecule has 0 radical (unpaired) electrons. The average Bonchev–Trinajstić information content (AvgIpc) is 2.59. The highest BCUT2D eigenvalue weighted by atomic mass is 31.2. The number of aromatic hydroxyl groups is 1. The second kappa shape index (κ2) is 7.47. The Morgan fingerprint density at radius 2 is 2.00 bits per heavy atom. The van der Waals surface area contributed by atoms with Crippen molar-refractivity contribution in [2.75, 3.05) is 31.3 Å². The van der Waals surface area contributed by atoms with Gasteiger partial charge in [-0.25, -0.2) is 9.97 Å². The van der Waals surface area contributed by atoms with E-state index < -0.39 is 8.38 Å². The van der Waals surface area contributed by atoms with Crippen LogP contribution >= 0.6 is 8.38 Å². The standard InChI is InChI=1S/C16H22N3O4P/c1-23-15-8-12-13(9-14(15)20)17-10-18-16(12)19-5-2-11(3-6-19)4-7-24(21)22/h8-11,20-22H,2-7H2,1H3. The molecule has 2 heterocycles. The molecule has 1 saturated heterocycles. The molecule has 0 aliphatic carbocycles. The first kappa shape index (κ1) is 17.1. The molecule has 0 bridgehead atoms. The molecule has 7 nitrogen and oxygen atoms in total. The van der Waals surface area contributed by atoms with Gasteiger partial charge in [0.25, 0.3) is 0 Å². The van der Waals surface area contributed by atoms with Gasteiger partial charge >= 0.3 is 0 Å². The van der Waals surface area contributed by atoms with Crippen molar-refractivity contribution < 1.29 is 19.6 Å². The highest BCUT2D eigenvalue weighted by Crippen LogP contribution is 2.36. The van der Waals surface area contributed by atoms with Crippen molar-refractivity contribution in [3.63, 3.8) is 0 Å². The van der Waals surface area contributed by atoms with Gasteiger partial charge in [-0.2, -0.15) is 0 Å². The minimum absolute atomic E-state index is 0.0675. The summed E-state index contributed by atoms with van der Waals surface area (Å²) < 4.78 is 5.20. The van der Waals surface area contributed by atoms with E-state index in [0.29, 0.717) is 23.3 Å². The minimum Gasteiger partial charge on any atom is -0.504 e. The zero-order valence-electron chi connectivity index (χ0n) is 13.6. The van der Waals surface area contributed by atoms with Crippen LogP contribution in [0, 0.1) is 5.92 Å². The molecule has 0 saturated carbocycles. The Balaban J connectivity index is 1.78. The molecule has 1 aliphatic rings. The molecule has 3 N–H and O–H groups in total. The van der Waals surface area contributed by atoms with Gasteiger partial charge in [0, 0.05) is 30.7 Å². The molecule has 1 fully saturated rings. The third-order valence-electron chi connectivity index (χ3n) is 4.57. The molecule has 2 aromatic rings. The van der Waals surface area contributed by atoms with Crippen LogP contribution in [-0.2, 0) is 0 Å². The summed E-state index contributed by atoms with van der Waals surface area (Å²) in [7, 11) is -0.264. The maximum absolute atomic E-state index is 9.91. The molecule has 0 spiro atoms. The Labute approximate surface area is 141 Å². The third-order valence-corrected chi connectivity index (χ3v) is 5.22. The van der Waals surface area contributed by atoms with E-state index in [2.05, 4.69) is 14.9 Å². The zero-order chi connectivity index (χ0) is 17.1. The Bertz CT molecular complexity index is 705. The zero-order valence-corrected chi connectivity index (χ0v) is 14.5. The molecule has 1 aromatic carbocycles. The first-order valence-electron chi connectivity index (χ1n) is 8.00. The number of rotatable bonds is 5. The van der Waals surface area contributed by atoms with E-state index in [4.69, 9.17) is 14.5 Å². The van der Waals surface area contributed by atoms with Gasteiger partial charge in [-0.05, 0) is 31.2 Å². The van der Waals surface area contributed by atoms with Crippen LogP contribution in [0.1, 0.15) is 19.3 Å². The predicted octanol–water partition coefficient (Wildman–Crippen LogP) is 2.25. The summed E-state index contributed by atoms with van der Waals surface area (Å²) in [4.78, 5) is 29.0. The molecule has 130 valence electrons. The number of hydrogen-bond donors (Lipinski definition) is 3. The summed E-state index contributed by atoms with van der Waals surface area (Å²) in [5.41, 5.74) is 0.687. The van der Waals surface area contributed by atoms with E-state index in [-0.39, 0.29) is 5.75 Å². The van der Waals surface area contributed by atoms with Gasteiger partial charge < -0.3 is 24.5 Å². The molecule has 0 unspecified atom stereocenters. The maximum Gasteiger partial charge on any atom is 0.164 e. The van der Waals surface area contributed by atoms with Crippen molar-refractivity contribution in [2.24, 2.45) is 5.92 Å². The number of methoxy groups -OCH3 is 1. The number of benzene rings is 1. The normalized spacial score (nSPS) is 16.1. The summed E-state index contributed by atoms with van der Waals surface area (Å²) in [5, 5.41) is 10.8. The molecular weight excluding hydrogens is 329 g/mol. The van der Waals surface area contributed by atoms with Crippen molar-refractivity contribution in [3.05, 3.63) is 18.5 Å². The first-order chi connectivity index (χ1) is 11.6. The van der Waals surface area contributed by atoms with Crippen LogP contribution in [0.5, 0.6) is 11.5 Å². The molecule has 24 heavy (non-hydrogen) atoms. The number of ether oxygens (including phenoxy) is 1. The van der Waals surface area contributed by atoms with Crippen LogP contribution in [0.4, 0.5) is 5.82 Å². The number of fused-ring (bicyclic) bond motifs is 1. The Morgan fingerprint density at radius 1 is 1.25 bits per heavy atom. The number of nitrogens with zero attached hydrogens (tertiary/aromatic N) is 3. The largest absolute Gasteiger partial charge is 0.504 e. The molecule has 1 aromatic heterocycles. The summed E-state index contributed by atoms with van der Waals surface area (Å²) in [5.74, 6) is 1.85. The number of piperidine rings is 1. The molecule has 0 atom stereocenters. The Morgan fingerprint density at radius 3 is 2.67 bits per heavy atom. The maximum atomic E-state index is 9.91. The second-order valence-corrected chi connectivity index (χ2v) is 7.25. The van der Waals surface area contributed by atoms with E-state index in [1.165, 1.54) is 13.4 Å². The topological polar surface area (TPSA) is 98.9 Å². The van der Waals surface area contributed by atoms with Crippen molar-refractivity contribution in [3.8, 4) is 11.5 Å². The van der Waals surface area contributed by atoms with Gasteiger partial charge in [0.05, 0.1) is 12.6 Å². The van der Waals surface area contributed by atoms with Gasteiger partial charge in [-0.3, -0.25) is 0 Å². The van der Waals surface area contributed by atoms with E-state index in [9.17, 15) is 5.11 Å². The molecule has 0 amide bonds. The van der Waals surface area contributed by atoms with E-state index in [1.54, 1.807) is 12.1 Å². The number of phenols is 1. The van der Waals surface area contributed by atoms with Crippen LogP contribution in [0.25, 0.3) is 10.9 Å². The van der Waals surface area contributed by atoms with Crippen molar-refractivity contribution in [2.45, 2.75) is 19.3 Å². The van der Waals surface area contributed by atoms with Crippen LogP contribution in [-0.4, -0.2) is 51.2 Å². The highest BCUT2D eigenvalue weighted by Gasteiger charge is 2.22. The lowest BCUT2D eigenvalue weighted by Gasteiger charge is -2.33. The Kier molecular flexibility index (Phi) is 5.33. The van der Waals surface area contributed by atoms with Crippen LogP contribution < -0.4 is 9.64 Å². The Hall–Kier alpha value is -1.69. The van der Waals surface area contributed by atoms with Crippen molar-refractivity contribution in [1.29, 1.82) is 0 Å². The fourth-order valence-electron chi connectivity index (χ4n) is 3.21. The first-order valence-corrected chi connectivity index (χ1v) is 9.43. The number of aromatic nitrogens is 2. The second-order valence-electron chi connectivity index (χ2n) is 6.05. The summed E-state index contributed by atoms with van der Waals surface area (Å²) in [6.07, 6.45) is 4.87. The quantitative estimate of drug-likeness (QED) is 0.711. The molecule has 1 aliphatic heterocycles. The van der Waals surface area contributed by atoms with Crippen LogP contribution in [0.2, 0.25) is 0 Å². The smallest absolute Gasteiger partial charge is 0.164 e. The summed E-state index contributed by atoms with van der Waals surface area (Å²) in [6, 6.07) is 3.37. The highest BCUT2D eigenvalue weighted by molar-refractivity contribution is 7.45. The molecule has 8 heteroatoms. The minimum atomic E-state index is -1.78. The molecular formula is C16H22N3O4P. The lowest BCUT2D eigenvalue weighted by Crippen LogP contribution is -2.34. The fourth-order valence-corrected chi connectivity index (χ4v) is 3.80. The summed E-state index contributed by atoms with van der Waals surface area (Å²) >= 11 is 0. The SMILES string of the molecule is COc1cc2c(N3CCC(CCP(O)O)CC3)ncnc2cc1O. The van der Waals surface area contributed by atoms with Gasteiger partial charge in [0.2, 0.25) is 0 Å². The van der Waals surface area contributed by atoms with Crippen molar-refractivity contribution in [1.82, 2.24) is 9.97 Å². The van der Waals surface area contributed by atoms with Gasteiger partial charge in [-0.1, -0.05) is 0 Å². The van der Waals surface area contributed by atoms with Crippen molar-refractivity contribution >= 4 is 25.1 Å². The predicted molar refractivity (Wildman–Crippen MR) is 93.5 cm³/mol. The summed E-state index contributed by atoms with van der Waals surface area (Å²) in [6.45, 7) is 1.74. The lowest BCUT2D eigenvalue weighted by molar-refractivity contribution is 0.374. The van der Waals surface area contributed by atoms with Crippen LogP contribution in [0.15, 0.2) is 18.5 Å². The monoisotopic (exact) mass is 351 g/mol. The average molecular weight is 351 g/mol. The number of phenolic OH excluding ortho intramolecular Hbond substituents is 1. The van der Waals surface area contributed by atoms with Gasteiger partial charge in [0.1, 0.15) is 12.1 Å². The van der Waals surface area contributed by atoms with Gasteiger partial charge in [-0.15, -0.1) is 0 Å². The number of hydrogen-bond acceptors (Lipinski definition) is 7. The van der Waals surface area contributed by atoms with E-state index in [1.807, 2.05) is 0 Å². The molecule has 3 rings (SSSR count). The third kappa shape index (κ3) is 3.69. The van der Waals surface area contributed by atoms with Crippen LogP contribution in [0.3, 0.4) is 0 Å². The fraction of sp³-hybridized carbons (Fsp3) is 0.500.